The molecular weight excluding hydrogens is 795 g/mol. The molecule has 0 atom stereocenters. The minimum absolute atomic E-state index is 0.0561. The second-order valence-corrected chi connectivity index (χ2v) is 17.4. The molecule has 0 aliphatic rings. The third-order valence-corrected chi connectivity index (χ3v) is 12.2. The summed E-state index contributed by atoms with van der Waals surface area (Å²) in [6.45, 7) is 6.73. The van der Waals surface area contributed by atoms with Crippen molar-refractivity contribution in [2.24, 2.45) is 0 Å². The summed E-state index contributed by atoms with van der Waals surface area (Å²) >= 11 is 0. The normalized spacial score (nSPS) is 11.6. The van der Waals surface area contributed by atoms with Crippen molar-refractivity contribution >= 4 is 55.6 Å². The van der Waals surface area contributed by atoms with Crippen molar-refractivity contribution in [2.45, 2.75) is 26.2 Å². The summed E-state index contributed by atoms with van der Waals surface area (Å²) in [5, 5.41) is 9.83. The van der Waals surface area contributed by atoms with Crippen LogP contribution in [0.3, 0.4) is 0 Å². The molecule has 0 aliphatic heterocycles. The fourth-order valence-corrected chi connectivity index (χ4v) is 9.04. The lowest BCUT2D eigenvalue weighted by Gasteiger charge is -2.20. The number of para-hydroxylation sites is 5. The van der Waals surface area contributed by atoms with Crippen LogP contribution >= 0.6 is 0 Å². The summed E-state index contributed by atoms with van der Waals surface area (Å²) in [7, 11) is 0. The van der Waals surface area contributed by atoms with Gasteiger partial charge in [0.05, 0.1) is 39.1 Å². The van der Waals surface area contributed by atoms with Gasteiger partial charge < -0.3 is 19.9 Å². The van der Waals surface area contributed by atoms with Crippen molar-refractivity contribution in [1.82, 2.24) is 14.1 Å². The molecule has 0 spiro atoms. The number of hydrogen-bond acceptors (Lipinski definition) is 4. The zero-order chi connectivity index (χ0) is 43.9. The molecule has 0 radical (unpaired) electrons. The maximum atomic E-state index is 6.77. The minimum Gasteiger partial charge on any atom is -0.457 e. The number of nitrogens with one attached hydrogen (secondary N) is 2. The lowest BCUT2D eigenvalue weighted by atomic mass is 9.88. The lowest BCUT2D eigenvalue weighted by molar-refractivity contribution is 0.483. The standard InChI is InChI=1S/C59H47N5O/c1-59(2,3)42-35-36-60-55(37-42)64-54-39-46(33-34-50(54)57-58(64)49-27-13-16-32-53(49)63(57)44-24-11-6-12-25-44)65-45-26-17-23-43(38-45)61-51-30-14-15-31-52(51)62-56-47(40-19-7-4-8-20-40)28-18-29-48(56)41-21-9-5-10-22-41/h4-39,61-62H,1-3H3. The van der Waals surface area contributed by atoms with E-state index in [4.69, 9.17) is 9.72 Å². The molecule has 0 aliphatic carbocycles. The van der Waals surface area contributed by atoms with Gasteiger partial charge in [0.25, 0.3) is 0 Å². The molecule has 314 valence electrons. The van der Waals surface area contributed by atoms with Gasteiger partial charge in [0, 0.05) is 51.6 Å². The average molecular weight is 842 g/mol. The highest BCUT2D eigenvalue weighted by Crippen LogP contribution is 2.44. The summed E-state index contributed by atoms with van der Waals surface area (Å²) in [5.41, 5.74) is 15.0. The predicted octanol–water partition coefficient (Wildman–Crippen LogP) is 16.0. The minimum atomic E-state index is -0.0561. The SMILES string of the molecule is CC(C)(C)c1ccnc(-n2c3cc(Oc4cccc(Nc5ccccc5Nc5c(-c6ccccc6)cccc5-c5ccccc5)c4)ccc3c3c2c2ccccc2n3-c2ccccc2)c1. The molecule has 3 aromatic heterocycles. The first-order valence-electron chi connectivity index (χ1n) is 22.1. The first-order chi connectivity index (χ1) is 31.9. The number of hydrogen-bond donors (Lipinski definition) is 2. The van der Waals surface area contributed by atoms with Crippen molar-refractivity contribution in [1.29, 1.82) is 0 Å². The van der Waals surface area contributed by atoms with Crippen molar-refractivity contribution in [3.63, 3.8) is 0 Å². The Morgan fingerprint density at radius 1 is 0.462 bits per heavy atom. The molecule has 2 N–H and O–H groups in total. The van der Waals surface area contributed by atoms with Gasteiger partial charge in [0.1, 0.15) is 17.3 Å². The van der Waals surface area contributed by atoms with Gasteiger partial charge in [0.15, 0.2) is 0 Å². The third-order valence-electron chi connectivity index (χ3n) is 12.2. The van der Waals surface area contributed by atoms with Crippen LogP contribution in [-0.4, -0.2) is 14.1 Å². The van der Waals surface area contributed by atoms with Gasteiger partial charge in [-0.15, -0.1) is 0 Å². The molecule has 0 saturated carbocycles. The number of anilines is 4. The van der Waals surface area contributed by atoms with Crippen LogP contribution in [0, 0.1) is 0 Å². The first kappa shape index (κ1) is 39.5. The molecule has 11 rings (SSSR count). The van der Waals surface area contributed by atoms with E-state index in [9.17, 15) is 0 Å². The summed E-state index contributed by atoms with van der Waals surface area (Å²) < 4.78 is 11.5. The Kier molecular flexibility index (Phi) is 9.97. The highest BCUT2D eigenvalue weighted by atomic mass is 16.5. The van der Waals surface area contributed by atoms with Crippen molar-refractivity contribution in [2.75, 3.05) is 10.6 Å². The third kappa shape index (κ3) is 7.45. The Morgan fingerprint density at radius 3 is 1.75 bits per heavy atom. The van der Waals surface area contributed by atoms with Crippen LogP contribution in [0.15, 0.2) is 219 Å². The fraction of sp³-hybridized carbons (Fsp3) is 0.0678. The number of aromatic nitrogens is 3. The molecule has 0 amide bonds. The Hall–Kier alpha value is -8.35. The van der Waals surface area contributed by atoms with Crippen LogP contribution in [0.5, 0.6) is 11.5 Å². The molecule has 0 bridgehead atoms. The van der Waals surface area contributed by atoms with E-state index in [1.807, 2.05) is 18.3 Å². The maximum Gasteiger partial charge on any atom is 0.137 e. The van der Waals surface area contributed by atoms with E-state index >= 15 is 0 Å². The van der Waals surface area contributed by atoms with Gasteiger partial charge in [-0.25, -0.2) is 4.98 Å². The van der Waals surface area contributed by atoms with Gasteiger partial charge in [-0.05, 0) is 88.8 Å². The molecule has 0 fully saturated rings. The molecule has 65 heavy (non-hydrogen) atoms. The number of ether oxygens (including phenoxy) is 1. The quantitative estimate of drug-likeness (QED) is 0.144. The topological polar surface area (TPSA) is 56.0 Å². The largest absolute Gasteiger partial charge is 0.457 e. The summed E-state index contributed by atoms with van der Waals surface area (Å²) in [4.78, 5) is 5.02. The Balaban J connectivity index is 0.974. The van der Waals surface area contributed by atoms with E-state index in [0.29, 0.717) is 0 Å². The van der Waals surface area contributed by atoms with Gasteiger partial charge in [-0.3, -0.25) is 4.57 Å². The molecule has 8 aromatic carbocycles. The highest BCUT2D eigenvalue weighted by molar-refractivity contribution is 6.20. The van der Waals surface area contributed by atoms with Crippen LogP contribution < -0.4 is 15.4 Å². The van der Waals surface area contributed by atoms with E-state index in [1.54, 1.807) is 0 Å². The van der Waals surface area contributed by atoms with E-state index < -0.39 is 0 Å². The van der Waals surface area contributed by atoms with Gasteiger partial charge in [-0.1, -0.05) is 154 Å². The monoisotopic (exact) mass is 841 g/mol. The highest BCUT2D eigenvalue weighted by Gasteiger charge is 2.24. The van der Waals surface area contributed by atoms with Gasteiger partial charge >= 0.3 is 0 Å². The predicted molar refractivity (Wildman–Crippen MR) is 271 cm³/mol. The second-order valence-electron chi connectivity index (χ2n) is 17.4. The second kappa shape index (κ2) is 16.4. The van der Waals surface area contributed by atoms with Crippen LogP contribution in [0.1, 0.15) is 26.3 Å². The number of fused-ring (bicyclic) bond motifs is 5. The molecule has 0 unspecified atom stereocenters. The first-order valence-corrected chi connectivity index (χ1v) is 22.1. The summed E-state index contributed by atoms with van der Waals surface area (Å²) in [6.07, 6.45) is 1.93. The van der Waals surface area contributed by atoms with E-state index in [0.717, 1.165) is 101 Å². The van der Waals surface area contributed by atoms with E-state index in [2.05, 4.69) is 241 Å². The number of pyridine rings is 1. The Morgan fingerprint density at radius 2 is 1.05 bits per heavy atom. The molecule has 6 nitrogen and oxygen atoms in total. The number of rotatable bonds is 10. The average Bonchev–Trinajstić information content (AvgIpc) is 3.85. The lowest BCUT2D eigenvalue weighted by Crippen LogP contribution is -2.12. The van der Waals surface area contributed by atoms with Crippen LogP contribution in [0.4, 0.5) is 22.7 Å². The molecule has 3 heterocycles. The number of benzene rings is 8. The van der Waals surface area contributed by atoms with Crippen LogP contribution in [0.2, 0.25) is 0 Å². The zero-order valence-corrected chi connectivity index (χ0v) is 36.5. The van der Waals surface area contributed by atoms with Crippen molar-refractivity contribution in [3.05, 3.63) is 224 Å². The summed E-state index contributed by atoms with van der Waals surface area (Å²) in [5.74, 6) is 2.31. The Bertz CT molecular complexity index is 3430. The van der Waals surface area contributed by atoms with Gasteiger partial charge in [-0.2, -0.15) is 0 Å². The van der Waals surface area contributed by atoms with Crippen LogP contribution in [-0.2, 0) is 5.41 Å². The number of nitrogens with zero attached hydrogens (tertiary/aromatic N) is 3. The Labute approximate surface area is 379 Å². The molecule has 0 saturated heterocycles. The smallest absolute Gasteiger partial charge is 0.137 e. The van der Waals surface area contributed by atoms with Crippen molar-refractivity contribution < 1.29 is 4.74 Å². The molecule has 11 aromatic rings. The molecule has 6 heteroatoms. The zero-order valence-electron chi connectivity index (χ0n) is 36.5. The van der Waals surface area contributed by atoms with E-state index in [-0.39, 0.29) is 5.41 Å². The van der Waals surface area contributed by atoms with E-state index in [1.165, 1.54) is 5.56 Å². The fourth-order valence-electron chi connectivity index (χ4n) is 9.04. The molecular formula is C59H47N5O. The summed E-state index contributed by atoms with van der Waals surface area (Å²) in [6, 6.07) is 74.1. The maximum absolute atomic E-state index is 6.77. The van der Waals surface area contributed by atoms with Gasteiger partial charge in [0.2, 0.25) is 0 Å². The van der Waals surface area contributed by atoms with Crippen LogP contribution in [0.25, 0.3) is 66.6 Å². The van der Waals surface area contributed by atoms with Crippen molar-refractivity contribution in [3.8, 4) is 45.3 Å².